The van der Waals surface area contributed by atoms with Crippen LogP contribution in [0, 0.1) is 20.8 Å². The molecule has 2 aliphatic heterocycles. The van der Waals surface area contributed by atoms with Gasteiger partial charge in [0, 0.05) is 18.5 Å². The van der Waals surface area contributed by atoms with Crippen LogP contribution in [-0.4, -0.2) is 216 Å². The molecule has 0 unspecified atom stereocenters. The van der Waals surface area contributed by atoms with Crippen LogP contribution in [-0.2, 0) is 89.1 Å². The van der Waals surface area contributed by atoms with Crippen molar-refractivity contribution in [2.45, 2.75) is 209 Å². The number of ether oxygens (including phenoxy) is 3. The molecule has 9 amide bonds. The molecular formula is C77H106N18O19S3. The van der Waals surface area contributed by atoms with Gasteiger partial charge >= 0.3 is 10.3 Å². The lowest BCUT2D eigenvalue weighted by molar-refractivity contribution is -0.139. The Kier molecular flexibility index (Phi) is 31.9. The van der Waals surface area contributed by atoms with E-state index in [1.165, 1.54) is 36.5 Å². The predicted octanol–water partition coefficient (Wildman–Crippen LogP) is 0.376. The smallest absolute Gasteiger partial charge is 0.362 e. The van der Waals surface area contributed by atoms with E-state index < -0.39 is 177 Å². The summed E-state index contributed by atoms with van der Waals surface area (Å²) in [4.78, 5) is 144. The molecule has 0 radical (unpaired) electrons. The quantitative estimate of drug-likeness (QED) is 0.00811. The molecule has 0 saturated carbocycles. The first-order valence-electron chi connectivity index (χ1n) is 37.9. The lowest BCUT2D eigenvalue weighted by atomic mass is 9.77. The number of thioether (sulfide) groups is 1. The molecule has 2 aromatic heterocycles. The lowest BCUT2D eigenvalue weighted by Crippen LogP contribution is -2.60. The Morgan fingerprint density at radius 1 is 0.718 bits per heavy atom. The molecule has 8 rings (SSSR count). The second kappa shape index (κ2) is 40.6. The van der Waals surface area contributed by atoms with Gasteiger partial charge in [0.2, 0.25) is 53.7 Å². The van der Waals surface area contributed by atoms with Crippen molar-refractivity contribution in [3.63, 3.8) is 0 Å². The number of rotatable bonds is 41. The zero-order valence-electron chi connectivity index (χ0n) is 67.0. The number of aliphatic imine (C=N–C) groups is 1. The number of carbonyl (C=O) groups excluding carboxylic acids is 9. The van der Waals surface area contributed by atoms with Crippen LogP contribution in [0.3, 0.4) is 0 Å². The summed E-state index contributed by atoms with van der Waals surface area (Å²) in [6.07, 6.45) is -3.31. The number of nitrogens with zero attached hydrogens (tertiary/aromatic N) is 5. The fourth-order valence-electron chi connectivity index (χ4n) is 13.7. The van der Waals surface area contributed by atoms with Crippen molar-refractivity contribution in [3.05, 3.63) is 143 Å². The minimum absolute atomic E-state index is 0.00860. The number of aliphatic hydroxyl groups is 2. The normalized spacial score (nSPS) is 17.9. The van der Waals surface area contributed by atoms with Crippen molar-refractivity contribution in [2.24, 2.45) is 16.5 Å². The number of guanidine groups is 1. The summed E-state index contributed by atoms with van der Waals surface area (Å²) in [6.45, 7) is 14.6. The number of nitrogens with one attached hydrogen (secondary N) is 10. The number of aromatic nitrogens is 4. The molecular weight excluding hydrogens is 1580 g/mol. The van der Waals surface area contributed by atoms with Crippen LogP contribution in [0.1, 0.15) is 139 Å². The number of nitrogens with two attached hydrogens (primary N) is 3. The van der Waals surface area contributed by atoms with E-state index in [1.54, 1.807) is 144 Å². The maximum absolute atomic E-state index is 15.1. The Bertz CT molecular complexity index is 4690. The van der Waals surface area contributed by atoms with Crippen molar-refractivity contribution in [2.75, 3.05) is 44.0 Å². The molecule has 0 spiro atoms. The molecule has 11 atom stereocenters. The molecule has 18 N–H and O–H groups in total. The topological polar surface area (TPSA) is 554 Å². The summed E-state index contributed by atoms with van der Waals surface area (Å²) in [7, 11) is -9.42. The first-order valence-corrected chi connectivity index (χ1v) is 42.2. The molecule has 0 bridgehead atoms. The number of hydrogen-bond acceptors (Lipinski definition) is 26. The highest BCUT2D eigenvalue weighted by Crippen LogP contribution is 2.44. The molecule has 6 aromatic rings. The minimum atomic E-state index is -5.09. The number of fused-ring (bicyclic) bond motifs is 2. The number of carbonyl (C=O) groups is 9. The number of amides is 9. The number of unbranched alkanes of at least 4 members (excludes halogenated alkanes) is 1. The van der Waals surface area contributed by atoms with Crippen LogP contribution in [0.2, 0.25) is 0 Å². The Hall–Kier alpha value is -10.5. The van der Waals surface area contributed by atoms with E-state index in [4.69, 9.17) is 35.6 Å². The average Bonchev–Trinajstić information content (AvgIpc) is 1.64. The number of imidazole rings is 1. The second-order valence-electron chi connectivity index (χ2n) is 30.0. The summed E-state index contributed by atoms with van der Waals surface area (Å²) >= 11 is 1.39. The van der Waals surface area contributed by atoms with Crippen LogP contribution in [0.5, 0.6) is 5.75 Å². The Morgan fingerprint density at radius 3 is 1.91 bits per heavy atom. The molecule has 1 saturated heterocycles. The summed E-state index contributed by atoms with van der Waals surface area (Å²) in [5, 5.41) is 42.7. The molecule has 117 heavy (non-hydrogen) atoms. The molecule has 4 aromatic carbocycles. The van der Waals surface area contributed by atoms with E-state index in [0.717, 1.165) is 11.9 Å². The highest BCUT2D eigenvalue weighted by Gasteiger charge is 2.47. The van der Waals surface area contributed by atoms with Crippen LogP contribution in [0.25, 0.3) is 11.2 Å². The number of benzene rings is 4. The maximum Gasteiger partial charge on any atom is 0.362 e. The largest absolute Gasteiger partial charge is 0.487 e. The Labute approximate surface area is 683 Å². The van der Waals surface area contributed by atoms with Crippen LogP contribution in [0.4, 0.5) is 5.82 Å². The summed E-state index contributed by atoms with van der Waals surface area (Å²) in [5.41, 5.74) is 19.2. The fraction of sp³-hybridized carbons (Fsp3) is 0.494. The van der Waals surface area contributed by atoms with Gasteiger partial charge < -0.3 is 84.2 Å². The monoisotopic (exact) mass is 1680 g/mol. The SMILES string of the molecule is CSCC[C@H](NC=O)C(=O)N[C@@H](CCCN=C(N)NS(=O)(=O)c1c(C)c(C)c2c(c1C)CC(C)(C)O2)C(=O)N[C@H](C(=O)NCC(=O)N[C@@H](CC(=O)NC(c1ccccc1)(c1ccccc1)c1ccccc1)C(=O)N[C@@H](C)C(=O)N[C@@H](CCCCN)C(=O)NS(=O)(=O)OC[C@H]1O[C@@H](n2cnc3c(N)ncnc32)[C@H](O)[C@@H]1O)[C@@H](C)OC(C)(C)C. The van der Waals surface area contributed by atoms with Crippen molar-refractivity contribution >= 4 is 109 Å². The third-order valence-corrected chi connectivity index (χ3v) is 22.7. The number of sulfonamides is 1. The van der Waals surface area contributed by atoms with Gasteiger partial charge in [-0.05, 0) is 160 Å². The van der Waals surface area contributed by atoms with E-state index >= 15 is 4.79 Å². The van der Waals surface area contributed by atoms with Gasteiger partial charge in [0.1, 0.15) is 83.3 Å². The third kappa shape index (κ3) is 24.1. The molecule has 37 nitrogen and oxygen atoms in total. The van der Waals surface area contributed by atoms with Crippen molar-refractivity contribution in [3.8, 4) is 5.75 Å². The van der Waals surface area contributed by atoms with E-state index in [1.807, 2.05) is 13.8 Å². The van der Waals surface area contributed by atoms with Gasteiger partial charge in [-0.2, -0.15) is 20.2 Å². The first-order chi connectivity index (χ1) is 55.2. The Balaban J connectivity index is 1.01. The first kappa shape index (κ1) is 92.1. The van der Waals surface area contributed by atoms with E-state index in [2.05, 4.69) is 67.2 Å². The standard InChI is InChI=1S/C77H106N18O19S3/c1-43-44(2)64(45(3)51-37-76(9,10)114-63(43)51)116(107,108)94-74(80)81-34-23-31-53(90-68(102)52(86-42-96)32-35-115-11)69(103)91-59(47(5)113-75(6,7)8)72(106)82-38-58(98)88-55(36-57(97)92-77(48-24-15-12-16-25-48,49-26-17-13-18-27-49)50-28-19-14-20-29-50)70(104)87-46(4)67(101)89-54(30-21-22-33-78)71(105)93-117(109,110)111-39-56-61(99)62(100)73(112-56)95-41-85-60-65(79)83-40-84-66(60)95/h12-20,24-29,40-42,46-47,52-56,59,61-62,73,99-100H,21-23,30-39,78H2,1-11H3,(H,82,106)(H,86,96)(H,87,104)(H,88,98)(H,89,101)(H,90,102)(H,91,103)(H,92,97)(H,93,105)(H2,79,83,84)(H3,80,81,94)/t46-,47+,52-,53-,54-,55-,56+,59-,61+,62+,73+/m0/s1. The van der Waals surface area contributed by atoms with Gasteiger partial charge in [-0.25, -0.2) is 32.8 Å². The van der Waals surface area contributed by atoms with E-state index in [0.29, 0.717) is 64.1 Å². The third-order valence-electron chi connectivity index (χ3n) is 19.5. The number of hydrogen-bond donors (Lipinski definition) is 15. The van der Waals surface area contributed by atoms with Gasteiger partial charge in [-0.3, -0.25) is 56.9 Å². The van der Waals surface area contributed by atoms with Gasteiger partial charge in [-0.1, -0.05) is 91.0 Å². The summed E-state index contributed by atoms with van der Waals surface area (Å²) in [5.74, 6) is -7.68. The van der Waals surface area contributed by atoms with Gasteiger partial charge in [0.25, 0.3) is 15.9 Å². The highest BCUT2D eigenvalue weighted by molar-refractivity contribution is 7.98. The van der Waals surface area contributed by atoms with E-state index in [-0.39, 0.29) is 67.1 Å². The molecule has 2 aliphatic rings. The highest BCUT2D eigenvalue weighted by atomic mass is 32.2. The van der Waals surface area contributed by atoms with Crippen molar-refractivity contribution in [1.82, 2.24) is 71.5 Å². The second-order valence-corrected chi connectivity index (χ2v) is 34.0. The molecule has 4 heterocycles. The predicted molar refractivity (Wildman–Crippen MR) is 433 cm³/mol. The van der Waals surface area contributed by atoms with E-state index in [9.17, 15) is 65.4 Å². The van der Waals surface area contributed by atoms with Gasteiger partial charge in [0.05, 0.1) is 42.5 Å². The van der Waals surface area contributed by atoms with Crippen molar-refractivity contribution in [1.29, 1.82) is 0 Å². The van der Waals surface area contributed by atoms with Crippen molar-refractivity contribution < 1.29 is 88.6 Å². The molecule has 0 aliphatic carbocycles. The minimum Gasteiger partial charge on any atom is -0.487 e. The fourth-order valence-corrected chi connectivity index (χ4v) is 16.5. The maximum atomic E-state index is 15.1. The number of nitrogen functional groups attached to an aromatic ring is 1. The molecule has 1 fully saturated rings. The van der Waals surface area contributed by atoms with Crippen LogP contribution >= 0.6 is 11.8 Å². The number of aliphatic hydroxyl groups excluding tert-OH is 2. The van der Waals surface area contributed by atoms with Crippen LogP contribution < -0.4 is 73.9 Å². The van der Waals surface area contributed by atoms with Crippen LogP contribution in [0.15, 0.2) is 114 Å². The zero-order valence-corrected chi connectivity index (χ0v) is 69.4. The molecule has 40 heteroatoms. The molecule has 636 valence electrons. The number of anilines is 1. The van der Waals surface area contributed by atoms with Gasteiger partial charge in [0.15, 0.2) is 17.7 Å². The average molecular weight is 1680 g/mol. The zero-order chi connectivity index (χ0) is 85.9. The lowest BCUT2D eigenvalue weighted by Gasteiger charge is -2.37. The summed E-state index contributed by atoms with van der Waals surface area (Å²) < 4.78 is 83.6. The summed E-state index contributed by atoms with van der Waals surface area (Å²) in [6, 6.07) is 17.2. The van der Waals surface area contributed by atoms with Gasteiger partial charge in [-0.15, -0.1) is 0 Å². The Morgan fingerprint density at radius 2 is 1.31 bits per heavy atom.